The number of aryl methyl sites for hydroxylation is 2. The monoisotopic (exact) mass is 419 g/mol. The second-order valence-corrected chi connectivity index (χ2v) is 8.10. The maximum Gasteiger partial charge on any atom is 0.231 e. The highest BCUT2D eigenvalue weighted by atomic mass is 16.7. The summed E-state index contributed by atoms with van der Waals surface area (Å²) in [7, 11) is 0. The number of carbonyl (C=O) groups excluding carboxylic acids is 1. The molecule has 2 aliphatic rings. The van der Waals surface area contributed by atoms with Gasteiger partial charge in [-0.1, -0.05) is 6.07 Å². The number of amides is 1. The third-order valence-corrected chi connectivity index (χ3v) is 6.05. The highest BCUT2D eigenvalue weighted by Gasteiger charge is 2.25. The molecule has 1 aromatic carbocycles. The van der Waals surface area contributed by atoms with Gasteiger partial charge < -0.3 is 19.7 Å². The average molecular weight is 419 g/mol. The van der Waals surface area contributed by atoms with Crippen LogP contribution in [-0.2, 0) is 11.3 Å². The molecule has 0 atom stereocenters. The number of pyridine rings is 1. The summed E-state index contributed by atoms with van der Waals surface area (Å²) in [5, 5.41) is 3.07. The molecule has 8 nitrogen and oxygen atoms in total. The van der Waals surface area contributed by atoms with Crippen molar-refractivity contribution in [3.63, 3.8) is 0 Å². The van der Waals surface area contributed by atoms with Crippen LogP contribution in [-0.4, -0.2) is 40.7 Å². The Kier molecular flexibility index (Phi) is 5.05. The van der Waals surface area contributed by atoms with Crippen LogP contribution in [0.1, 0.15) is 29.8 Å². The first-order chi connectivity index (χ1) is 15.1. The Morgan fingerprint density at radius 3 is 2.71 bits per heavy atom. The van der Waals surface area contributed by atoms with Crippen molar-refractivity contribution in [1.82, 2.24) is 20.3 Å². The van der Waals surface area contributed by atoms with E-state index in [-0.39, 0.29) is 18.6 Å². The Morgan fingerprint density at radius 2 is 1.87 bits per heavy atom. The summed E-state index contributed by atoms with van der Waals surface area (Å²) in [6.45, 7) is 6.27. The van der Waals surface area contributed by atoms with Crippen molar-refractivity contribution in [3.05, 3.63) is 47.4 Å². The molecule has 0 spiro atoms. The molecule has 1 amide bonds. The molecule has 3 aromatic rings. The number of hydrogen-bond donors (Lipinski definition) is 1. The molecule has 4 heterocycles. The molecule has 0 aliphatic carbocycles. The molecule has 0 unspecified atom stereocenters. The number of aromatic nitrogens is 3. The molecule has 1 saturated heterocycles. The Hall–Kier alpha value is -3.42. The predicted molar refractivity (Wildman–Crippen MR) is 116 cm³/mol. The van der Waals surface area contributed by atoms with E-state index in [0.717, 1.165) is 65.6 Å². The number of nitrogens with zero attached hydrogens (tertiary/aromatic N) is 4. The first-order valence-corrected chi connectivity index (χ1v) is 10.6. The summed E-state index contributed by atoms with van der Waals surface area (Å²) in [6.07, 6.45) is 3.47. The van der Waals surface area contributed by atoms with Crippen molar-refractivity contribution in [2.24, 2.45) is 5.92 Å². The standard InChI is InChI=1S/C23H25N5O3/c1-14-15(2)27-22-19(26-14)10-18(12-24-22)28-7-5-17(6-8-28)23(29)25-11-16-3-4-20-21(9-16)31-13-30-20/h3-4,9-10,12,17H,5-8,11,13H2,1-2H3,(H,25,29). The van der Waals surface area contributed by atoms with E-state index in [4.69, 9.17) is 9.47 Å². The third-order valence-electron chi connectivity index (χ3n) is 6.05. The van der Waals surface area contributed by atoms with Gasteiger partial charge in [0.15, 0.2) is 17.1 Å². The van der Waals surface area contributed by atoms with Crippen LogP contribution in [0.25, 0.3) is 11.2 Å². The van der Waals surface area contributed by atoms with Crippen molar-refractivity contribution in [3.8, 4) is 11.5 Å². The summed E-state index contributed by atoms with van der Waals surface area (Å²) in [4.78, 5) is 28.5. The lowest BCUT2D eigenvalue weighted by molar-refractivity contribution is -0.125. The number of fused-ring (bicyclic) bond motifs is 2. The number of benzene rings is 1. The van der Waals surface area contributed by atoms with E-state index in [1.54, 1.807) is 0 Å². The van der Waals surface area contributed by atoms with Gasteiger partial charge in [-0.2, -0.15) is 0 Å². The van der Waals surface area contributed by atoms with E-state index in [0.29, 0.717) is 12.2 Å². The molecule has 1 fully saturated rings. The number of piperidine rings is 1. The maximum absolute atomic E-state index is 12.7. The fraction of sp³-hybridized carbons (Fsp3) is 0.391. The van der Waals surface area contributed by atoms with Gasteiger partial charge in [0.25, 0.3) is 0 Å². The summed E-state index contributed by atoms with van der Waals surface area (Å²) in [5.41, 5.74) is 5.34. The van der Waals surface area contributed by atoms with E-state index >= 15 is 0 Å². The molecule has 5 rings (SSSR count). The first kappa shape index (κ1) is 19.5. The minimum absolute atomic E-state index is 0.0170. The zero-order chi connectivity index (χ0) is 21.4. The lowest BCUT2D eigenvalue weighted by atomic mass is 9.95. The van der Waals surface area contributed by atoms with Gasteiger partial charge in [-0.05, 0) is 50.5 Å². The Morgan fingerprint density at radius 1 is 1.10 bits per heavy atom. The number of hydrogen-bond acceptors (Lipinski definition) is 7. The normalized spacial score (nSPS) is 16.0. The first-order valence-electron chi connectivity index (χ1n) is 10.6. The van der Waals surface area contributed by atoms with Crippen LogP contribution in [0.4, 0.5) is 5.69 Å². The molecule has 2 aliphatic heterocycles. The van der Waals surface area contributed by atoms with Crippen LogP contribution in [0.2, 0.25) is 0 Å². The SMILES string of the molecule is Cc1nc2cc(N3CCC(C(=O)NCc4ccc5c(c4)OCO5)CC3)cnc2nc1C. The quantitative estimate of drug-likeness (QED) is 0.695. The largest absolute Gasteiger partial charge is 0.454 e. The molecule has 0 saturated carbocycles. The molecule has 1 N–H and O–H groups in total. The lowest BCUT2D eigenvalue weighted by Crippen LogP contribution is -2.40. The van der Waals surface area contributed by atoms with E-state index < -0.39 is 0 Å². The average Bonchev–Trinajstić information content (AvgIpc) is 3.26. The van der Waals surface area contributed by atoms with E-state index in [1.165, 1.54) is 0 Å². The Balaban J connectivity index is 1.18. The highest BCUT2D eigenvalue weighted by Crippen LogP contribution is 2.32. The Labute approximate surface area is 180 Å². The number of anilines is 1. The molecule has 0 radical (unpaired) electrons. The number of rotatable bonds is 4. The second-order valence-electron chi connectivity index (χ2n) is 8.10. The highest BCUT2D eigenvalue weighted by molar-refractivity contribution is 5.79. The molecule has 2 aromatic heterocycles. The second kappa shape index (κ2) is 8.02. The molecular formula is C23H25N5O3. The third kappa shape index (κ3) is 3.97. The van der Waals surface area contributed by atoms with Gasteiger partial charge in [-0.3, -0.25) is 4.79 Å². The van der Waals surface area contributed by atoms with Crippen molar-refractivity contribution in [1.29, 1.82) is 0 Å². The predicted octanol–water partition coefficient (Wildman–Crippen LogP) is 2.90. The van der Waals surface area contributed by atoms with E-state index in [2.05, 4.69) is 25.2 Å². The Bertz CT molecular complexity index is 1140. The molecule has 8 heteroatoms. The van der Waals surface area contributed by atoms with Crippen LogP contribution in [0.5, 0.6) is 11.5 Å². The maximum atomic E-state index is 12.7. The molecule has 31 heavy (non-hydrogen) atoms. The summed E-state index contributed by atoms with van der Waals surface area (Å²) < 4.78 is 10.7. The zero-order valence-corrected chi connectivity index (χ0v) is 17.7. The smallest absolute Gasteiger partial charge is 0.231 e. The fourth-order valence-electron chi connectivity index (χ4n) is 4.06. The van der Waals surface area contributed by atoms with Gasteiger partial charge in [0, 0.05) is 25.6 Å². The van der Waals surface area contributed by atoms with Crippen LogP contribution in [0, 0.1) is 19.8 Å². The van der Waals surface area contributed by atoms with Gasteiger partial charge in [-0.25, -0.2) is 15.0 Å². The number of ether oxygens (including phenoxy) is 2. The lowest BCUT2D eigenvalue weighted by Gasteiger charge is -2.32. The van der Waals surface area contributed by atoms with Gasteiger partial charge in [-0.15, -0.1) is 0 Å². The minimum Gasteiger partial charge on any atom is -0.454 e. The topological polar surface area (TPSA) is 89.5 Å². The number of carbonyl (C=O) groups is 1. The van der Waals surface area contributed by atoms with E-state index in [9.17, 15) is 4.79 Å². The van der Waals surface area contributed by atoms with E-state index in [1.807, 2.05) is 44.3 Å². The molecule has 160 valence electrons. The van der Waals surface area contributed by atoms with Gasteiger partial charge >= 0.3 is 0 Å². The van der Waals surface area contributed by atoms with Crippen LogP contribution >= 0.6 is 0 Å². The summed E-state index contributed by atoms with van der Waals surface area (Å²) in [6, 6.07) is 7.80. The fourth-order valence-corrected chi connectivity index (χ4v) is 4.06. The van der Waals surface area contributed by atoms with Crippen molar-refractivity contribution in [2.75, 3.05) is 24.8 Å². The van der Waals surface area contributed by atoms with Gasteiger partial charge in [0.2, 0.25) is 12.7 Å². The molecular weight excluding hydrogens is 394 g/mol. The van der Waals surface area contributed by atoms with Crippen molar-refractivity contribution >= 4 is 22.8 Å². The number of nitrogens with one attached hydrogen (secondary N) is 1. The summed E-state index contributed by atoms with van der Waals surface area (Å²) in [5.74, 6) is 1.61. The summed E-state index contributed by atoms with van der Waals surface area (Å²) >= 11 is 0. The van der Waals surface area contributed by atoms with Gasteiger partial charge in [0.05, 0.1) is 23.3 Å². The van der Waals surface area contributed by atoms with Gasteiger partial charge in [0.1, 0.15) is 5.52 Å². The van der Waals surface area contributed by atoms with Crippen molar-refractivity contribution < 1.29 is 14.3 Å². The molecule has 0 bridgehead atoms. The van der Waals surface area contributed by atoms with Crippen LogP contribution in [0.3, 0.4) is 0 Å². The zero-order valence-electron chi connectivity index (χ0n) is 17.7. The van der Waals surface area contributed by atoms with Crippen molar-refractivity contribution in [2.45, 2.75) is 33.2 Å². The van der Waals surface area contributed by atoms with Crippen LogP contribution in [0.15, 0.2) is 30.5 Å². The minimum atomic E-state index is 0.0170. The van der Waals surface area contributed by atoms with Crippen LogP contribution < -0.4 is 19.7 Å².